The molecule has 0 radical (unpaired) electrons. The number of fused-ring (bicyclic) bond motifs is 3. The van der Waals surface area contributed by atoms with Crippen LogP contribution in [0.4, 0.5) is 0 Å². The molecule has 2 N–H and O–H groups in total. The van der Waals surface area contributed by atoms with Crippen molar-refractivity contribution in [1.29, 1.82) is 0 Å². The first-order valence-electron chi connectivity index (χ1n) is 23.3. The van der Waals surface area contributed by atoms with E-state index in [9.17, 15) is 10.2 Å². The number of ether oxygens (including phenoxy) is 3. The molecule has 1 heterocycles. The highest BCUT2D eigenvalue weighted by molar-refractivity contribution is 6.04. The van der Waals surface area contributed by atoms with Gasteiger partial charge in [0.25, 0.3) is 5.91 Å². The van der Waals surface area contributed by atoms with Crippen molar-refractivity contribution in [3.8, 4) is 28.4 Å². The third kappa shape index (κ3) is 9.25. The van der Waals surface area contributed by atoms with Gasteiger partial charge in [0.15, 0.2) is 0 Å². The molecule has 0 aromatic heterocycles. The van der Waals surface area contributed by atoms with Crippen molar-refractivity contribution in [2.75, 3.05) is 33.0 Å². The van der Waals surface area contributed by atoms with E-state index >= 15 is 4.79 Å². The number of nitrogens with zero attached hydrogens (tertiary/aromatic N) is 2. The van der Waals surface area contributed by atoms with Crippen LogP contribution >= 0.6 is 0 Å². The highest BCUT2D eigenvalue weighted by Gasteiger charge is 2.65. The van der Waals surface area contributed by atoms with Crippen LogP contribution in [-0.4, -0.2) is 71.5 Å². The lowest BCUT2D eigenvalue weighted by Crippen LogP contribution is -2.70. The second-order valence-electron chi connectivity index (χ2n) is 17.2. The summed E-state index contributed by atoms with van der Waals surface area (Å²) in [6.07, 6.45) is 9.96. The van der Waals surface area contributed by atoms with Crippen molar-refractivity contribution >= 4 is 22.4 Å². The zero-order valence-electron chi connectivity index (χ0n) is 37.2. The number of hydrogen-bond acceptors (Lipinski definition) is 8. The number of oxime groups is 1. The average Bonchev–Trinajstić information content (AvgIpc) is 3.33. The molecule has 1 saturated carbocycles. The van der Waals surface area contributed by atoms with Gasteiger partial charge >= 0.3 is 0 Å². The third-order valence-corrected chi connectivity index (χ3v) is 13.2. The molecule has 8 rings (SSSR count). The zero-order chi connectivity index (χ0) is 44.5. The monoisotopic (exact) mass is 862 g/mol. The van der Waals surface area contributed by atoms with Gasteiger partial charge in [-0.05, 0) is 121 Å². The number of aliphatic hydroxyl groups excluding tert-OH is 2. The van der Waals surface area contributed by atoms with Crippen molar-refractivity contribution in [2.45, 2.75) is 83.0 Å². The Morgan fingerprint density at radius 2 is 1.56 bits per heavy atom. The van der Waals surface area contributed by atoms with Crippen LogP contribution in [0.15, 0.2) is 145 Å². The fourth-order valence-electron chi connectivity index (χ4n) is 10.5. The maximum absolute atomic E-state index is 15.2. The van der Waals surface area contributed by atoms with Gasteiger partial charge in [0, 0.05) is 43.2 Å². The van der Waals surface area contributed by atoms with E-state index in [1.165, 1.54) is 0 Å². The molecule has 5 aromatic carbocycles. The number of carbonyl (C=O) groups is 1. The van der Waals surface area contributed by atoms with E-state index in [0.29, 0.717) is 55.9 Å². The van der Waals surface area contributed by atoms with Crippen LogP contribution in [0, 0.1) is 17.8 Å². The molecular formula is C55H62N2O7. The van der Waals surface area contributed by atoms with E-state index in [4.69, 9.17) is 24.2 Å². The van der Waals surface area contributed by atoms with Gasteiger partial charge in [0.1, 0.15) is 29.9 Å². The number of hydrogen-bond donors (Lipinski definition) is 2. The molecule has 3 aliphatic rings. The molecule has 334 valence electrons. The first kappa shape index (κ1) is 44.9. The molecule has 5 aromatic rings. The molecule has 1 amide bonds. The van der Waals surface area contributed by atoms with Crippen LogP contribution in [0.1, 0.15) is 87.1 Å². The van der Waals surface area contributed by atoms with Gasteiger partial charge in [-0.2, -0.15) is 0 Å². The lowest BCUT2D eigenvalue weighted by atomic mass is 9.55. The Morgan fingerprint density at radius 1 is 0.844 bits per heavy atom. The van der Waals surface area contributed by atoms with Gasteiger partial charge in [0.05, 0.1) is 18.2 Å². The summed E-state index contributed by atoms with van der Waals surface area (Å²) in [5.41, 5.74) is 5.64. The first-order valence-corrected chi connectivity index (χ1v) is 23.3. The van der Waals surface area contributed by atoms with E-state index in [1.807, 2.05) is 90.7 Å². The summed E-state index contributed by atoms with van der Waals surface area (Å²) >= 11 is 0. The Kier molecular flexibility index (Phi) is 14.6. The van der Waals surface area contributed by atoms with Crippen molar-refractivity contribution in [2.24, 2.45) is 22.9 Å². The van der Waals surface area contributed by atoms with E-state index < -0.39 is 17.7 Å². The van der Waals surface area contributed by atoms with Crippen LogP contribution in [0.5, 0.6) is 17.2 Å². The maximum Gasteiger partial charge on any atom is 0.254 e. The summed E-state index contributed by atoms with van der Waals surface area (Å²) in [4.78, 5) is 23.1. The summed E-state index contributed by atoms with van der Waals surface area (Å²) in [6, 6.07) is 37.9. The van der Waals surface area contributed by atoms with Gasteiger partial charge < -0.3 is 34.2 Å². The Bertz CT molecular complexity index is 2430. The minimum Gasteiger partial charge on any atom is -0.459 e. The van der Waals surface area contributed by atoms with Gasteiger partial charge in [-0.15, -0.1) is 6.58 Å². The van der Waals surface area contributed by atoms with Crippen LogP contribution in [0.3, 0.4) is 0 Å². The quantitative estimate of drug-likeness (QED) is 0.0455. The predicted octanol–water partition coefficient (Wildman–Crippen LogP) is 11.5. The molecule has 9 heteroatoms. The van der Waals surface area contributed by atoms with Crippen molar-refractivity contribution in [3.05, 3.63) is 151 Å². The number of amides is 1. The summed E-state index contributed by atoms with van der Waals surface area (Å²) in [5.74, 6) is 0.288. The molecule has 2 aliphatic carbocycles. The van der Waals surface area contributed by atoms with E-state index in [2.05, 4.69) is 56.0 Å². The van der Waals surface area contributed by atoms with Crippen LogP contribution in [0.25, 0.3) is 21.9 Å². The molecular weight excluding hydrogens is 801 g/mol. The molecule has 0 saturated heterocycles. The summed E-state index contributed by atoms with van der Waals surface area (Å²) < 4.78 is 21.3. The molecule has 0 spiro atoms. The normalized spacial score (nSPS) is 22.8. The second-order valence-corrected chi connectivity index (χ2v) is 17.2. The number of aliphatic hydroxyl groups is 2. The van der Waals surface area contributed by atoms with E-state index in [-0.39, 0.29) is 43.5 Å². The number of allylic oxidation sites excluding steroid dienone is 1. The Balaban J connectivity index is 1.29. The predicted molar refractivity (Wildman–Crippen MR) is 254 cm³/mol. The summed E-state index contributed by atoms with van der Waals surface area (Å²) in [6.45, 7) is 9.38. The summed E-state index contributed by atoms with van der Waals surface area (Å²) in [7, 11) is 0. The maximum atomic E-state index is 15.2. The van der Waals surface area contributed by atoms with Gasteiger partial charge in [-0.25, -0.2) is 0 Å². The smallest absolute Gasteiger partial charge is 0.254 e. The van der Waals surface area contributed by atoms with Gasteiger partial charge in [-0.1, -0.05) is 110 Å². The molecule has 64 heavy (non-hydrogen) atoms. The Labute approximate surface area is 378 Å². The summed E-state index contributed by atoms with van der Waals surface area (Å²) in [5, 5.41) is 26.9. The number of carbonyl (C=O) groups excluding carboxylic acids is 1. The van der Waals surface area contributed by atoms with Gasteiger partial charge in [-0.3, -0.25) is 4.79 Å². The standard InChI is InChI=1S/C55H62N2O7/c1-4-30-57(54(60)43-23-22-39-18-10-11-19-41(39)34-43)51-37-49(56-62-6-3)47-35-42(20-12-14-31-58)46(21-13-15-32-59)52-48-36-45(28-29-50(48)64-55(51,53(47)52)61-33-5-2)63-44-26-24-40(25-27-44)38-16-8-7-9-17-38/h5,7-11,16-19,22-29,34-36,42,46,51-53,58-59H,2,4,6,12-15,20-21,30-33,37H2,1,3H3/t42-,46+,51-,52+,53+,55+/m0/s1. The average molecular weight is 863 g/mol. The first-order chi connectivity index (χ1) is 31.4. The lowest BCUT2D eigenvalue weighted by Gasteiger charge is -2.60. The third-order valence-electron chi connectivity index (χ3n) is 13.2. The van der Waals surface area contributed by atoms with Crippen molar-refractivity contribution < 1.29 is 34.1 Å². The highest BCUT2D eigenvalue weighted by atomic mass is 16.7. The Morgan fingerprint density at radius 3 is 2.30 bits per heavy atom. The Hall–Kier alpha value is -5.74. The van der Waals surface area contributed by atoms with Gasteiger partial charge in [0.2, 0.25) is 5.79 Å². The molecule has 6 atom stereocenters. The molecule has 1 fully saturated rings. The molecule has 9 nitrogen and oxygen atoms in total. The topological polar surface area (TPSA) is 110 Å². The minimum atomic E-state index is -1.34. The van der Waals surface area contributed by atoms with E-state index in [1.54, 1.807) is 6.08 Å². The number of unbranched alkanes of at least 4 members (excludes halogenated alkanes) is 2. The highest BCUT2D eigenvalue weighted by Crippen LogP contribution is 2.62. The fraction of sp³-hybridized carbons (Fsp3) is 0.382. The fourth-order valence-corrected chi connectivity index (χ4v) is 10.5. The van der Waals surface area contributed by atoms with Crippen molar-refractivity contribution in [3.63, 3.8) is 0 Å². The SMILES string of the molecule is C=CCO[C@@]12Oc3ccc(Oc4ccc(-c5ccccc5)cc4)cc3[C@H]3[C@H](CCCCO)[C@@H](CCCCO)C=C(C(=NOCC)C[C@@H]1N(CCC)C(=O)c1ccc4ccccc4c1)[C@H]32. The largest absolute Gasteiger partial charge is 0.459 e. The van der Waals surface area contributed by atoms with Crippen molar-refractivity contribution in [1.82, 2.24) is 4.90 Å². The zero-order valence-corrected chi connectivity index (χ0v) is 37.2. The molecule has 0 unspecified atom stereocenters. The van der Waals surface area contributed by atoms with Crippen LogP contribution in [0.2, 0.25) is 0 Å². The number of benzene rings is 5. The van der Waals surface area contributed by atoms with E-state index in [0.717, 1.165) is 70.2 Å². The molecule has 0 bridgehead atoms. The van der Waals surface area contributed by atoms with Crippen LogP contribution < -0.4 is 9.47 Å². The lowest BCUT2D eigenvalue weighted by molar-refractivity contribution is -0.254. The van der Waals surface area contributed by atoms with Crippen LogP contribution in [-0.2, 0) is 9.57 Å². The minimum absolute atomic E-state index is 0.0941. The molecule has 1 aliphatic heterocycles. The second kappa shape index (κ2) is 20.8. The number of rotatable bonds is 20.